The van der Waals surface area contributed by atoms with E-state index < -0.39 is 0 Å². The van der Waals surface area contributed by atoms with Crippen LogP contribution in [0.4, 0.5) is 5.95 Å². The predicted molar refractivity (Wildman–Crippen MR) is 96.5 cm³/mol. The van der Waals surface area contributed by atoms with E-state index in [-0.39, 0.29) is 6.10 Å². The summed E-state index contributed by atoms with van der Waals surface area (Å²) in [6.07, 6.45) is 5.63. The molecule has 0 radical (unpaired) electrons. The normalized spacial score (nSPS) is 14.9. The molecule has 0 saturated carbocycles. The number of hydrogen-bond donors (Lipinski definition) is 1. The van der Waals surface area contributed by atoms with Gasteiger partial charge in [0.05, 0.1) is 25.0 Å². The van der Waals surface area contributed by atoms with Gasteiger partial charge < -0.3 is 14.8 Å². The van der Waals surface area contributed by atoms with Gasteiger partial charge in [-0.15, -0.1) is 0 Å². The van der Waals surface area contributed by atoms with Crippen LogP contribution in [0.5, 0.6) is 5.88 Å². The third-order valence-electron chi connectivity index (χ3n) is 4.07. The van der Waals surface area contributed by atoms with E-state index in [4.69, 9.17) is 9.47 Å². The number of fused-ring (bicyclic) bond motifs is 1. The molecular weight excluding hydrogens is 316 g/mol. The van der Waals surface area contributed by atoms with E-state index in [1.165, 1.54) is 0 Å². The highest BCUT2D eigenvalue weighted by atomic mass is 16.5. The molecule has 3 heterocycles. The van der Waals surface area contributed by atoms with Gasteiger partial charge in [0, 0.05) is 37.0 Å². The van der Waals surface area contributed by atoms with E-state index in [0.717, 1.165) is 36.3 Å². The Morgan fingerprint density at radius 1 is 1.28 bits per heavy atom. The van der Waals surface area contributed by atoms with Gasteiger partial charge in [0.25, 0.3) is 0 Å². The van der Waals surface area contributed by atoms with E-state index in [9.17, 15) is 0 Å². The highest BCUT2D eigenvalue weighted by Crippen LogP contribution is 2.17. The molecule has 0 spiro atoms. The fraction of sp³-hybridized carbons (Fsp3) is 0.526. The maximum Gasteiger partial charge on any atom is 0.223 e. The molecule has 1 unspecified atom stereocenters. The van der Waals surface area contributed by atoms with Crippen molar-refractivity contribution >= 4 is 5.95 Å². The quantitative estimate of drug-likeness (QED) is 0.832. The largest absolute Gasteiger partial charge is 0.475 e. The lowest BCUT2D eigenvalue weighted by Crippen LogP contribution is -2.15. The van der Waals surface area contributed by atoms with Crippen LogP contribution >= 0.6 is 0 Å². The lowest BCUT2D eigenvalue weighted by Gasteiger charge is -2.17. The number of hydrogen-bond acceptors (Lipinski definition) is 6. The van der Waals surface area contributed by atoms with Crippen LogP contribution in [0.15, 0.2) is 24.5 Å². The smallest absolute Gasteiger partial charge is 0.223 e. The standard InChI is InChI=1S/C19H26N4O2/c1-13(2)8-14(3)25-18-9-15(4-6-20-18)10-21-19-22-11-16-12-24-7-5-17(16)23-19/h4,6,9,11,13-14H,5,7-8,10,12H2,1-3H3,(H,21,22,23). The highest BCUT2D eigenvalue weighted by molar-refractivity contribution is 5.32. The van der Waals surface area contributed by atoms with Crippen molar-refractivity contribution in [2.75, 3.05) is 11.9 Å². The van der Waals surface area contributed by atoms with Crippen molar-refractivity contribution in [3.8, 4) is 5.88 Å². The first-order chi connectivity index (χ1) is 12.1. The van der Waals surface area contributed by atoms with E-state index in [0.29, 0.717) is 30.9 Å². The summed E-state index contributed by atoms with van der Waals surface area (Å²) in [5, 5.41) is 3.28. The van der Waals surface area contributed by atoms with Crippen molar-refractivity contribution in [2.24, 2.45) is 5.92 Å². The molecule has 3 rings (SSSR count). The molecule has 0 fully saturated rings. The van der Waals surface area contributed by atoms with Gasteiger partial charge in [-0.25, -0.2) is 15.0 Å². The molecule has 1 aliphatic heterocycles. The molecule has 1 aliphatic rings. The summed E-state index contributed by atoms with van der Waals surface area (Å²) in [6, 6.07) is 3.94. The molecule has 1 N–H and O–H groups in total. The zero-order valence-electron chi connectivity index (χ0n) is 15.2. The summed E-state index contributed by atoms with van der Waals surface area (Å²) < 4.78 is 11.3. The zero-order valence-corrected chi connectivity index (χ0v) is 15.2. The number of pyridine rings is 1. The number of ether oxygens (including phenoxy) is 2. The first kappa shape index (κ1) is 17.6. The molecule has 6 heteroatoms. The average molecular weight is 342 g/mol. The second-order valence-corrected chi connectivity index (χ2v) is 6.88. The number of nitrogens with one attached hydrogen (secondary N) is 1. The van der Waals surface area contributed by atoms with Crippen LogP contribution in [0.2, 0.25) is 0 Å². The molecule has 0 aromatic carbocycles. The van der Waals surface area contributed by atoms with Crippen molar-refractivity contribution in [3.63, 3.8) is 0 Å². The topological polar surface area (TPSA) is 69.2 Å². The Balaban J connectivity index is 1.59. The molecule has 134 valence electrons. The molecular formula is C19H26N4O2. The molecule has 0 aliphatic carbocycles. The minimum Gasteiger partial charge on any atom is -0.475 e. The Bertz CT molecular complexity index is 706. The van der Waals surface area contributed by atoms with Crippen LogP contribution in [-0.2, 0) is 24.3 Å². The predicted octanol–water partition coefficient (Wildman–Crippen LogP) is 3.37. The fourth-order valence-corrected chi connectivity index (χ4v) is 2.94. The highest BCUT2D eigenvalue weighted by Gasteiger charge is 2.12. The molecule has 0 bridgehead atoms. The monoisotopic (exact) mass is 342 g/mol. The molecule has 0 saturated heterocycles. The average Bonchev–Trinajstić information content (AvgIpc) is 2.59. The first-order valence-corrected chi connectivity index (χ1v) is 8.88. The lowest BCUT2D eigenvalue weighted by atomic mass is 10.1. The van der Waals surface area contributed by atoms with Crippen molar-refractivity contribution in [3.05, 3.63) is 41.3 Å². The molecule has 6 nitrogen and oxygen atoms in total. The van der Waals surface area contributed by atoms with Crippen molar-refractivity contribution in [1.82, 2.24) is 15.0 Å². The Labute approximate surface area is 149 Å². The number of rotatable bonds is 7. The van der Waals surface area contributed by atoms with Gasteiger partial charge in [-0.05, 0) is 30.9 Å². The summed E-state index contributed by atoms with van der Waals surface area (Å²) in [4.78, 5) is 13.2. The maximum atomic E-state index is 5.91. The molecule has 2 aromatic heterocycles. The Hall–Kier alpha value is -2.21. The fourth-order valence-electron chi connectivity index (χ4n) is 2.94. The van der Waals surface area contributed by atoms with Gasteiger partial charge >= 0.3 is 0 Å². The van der Waals surface area contributed by atoms with Gasteiger partial charge in [0.1, 0.15) is 0 Å². The van der Waals surface area contributed by atoms with E-state index in [1.807, 2.05) is 18.3 Å². The van der Waals surface area contributed by atoms with Crippen molar-refractivity contribution < 1.29 is 9.47 Å². The number of nitrogens with zero attached hydrogens (tertiary/aromatic N) is 3. The van der Waals surface area contributed by atoms with Crippen LogP contribution < -0.4 is 10.1 Å². The summed E-state index contributed by atoms with van der Waals surface area (Å²) >= 11 is 0. The van der Waals surface area contributed by atoms with Crippen LogP contribution in [-0.4, -0.2) is 27.7 Å². The lowest BCUT2D eigenvalue weighted by molar-refractivity contribution is 0.109. The molecule has 0 amide bonds. The van der Waals surface area contributed by atoms with Crippen molar-refractivity contribution in [1.29, 1.82) is 0 Å². The van der Waals surface area contributed by atoms with E-state index >= 15 is 0 Å². The van der Waals surface area contributed by atoms with E-state index in [2.05, 4.69) is 41.0 Å². The Morgan fingerprint density at radius 3 is 3.00 bits per heavy atom. The minimum absolute atomic E-state index is 0.155. The summed E-state index contributed by atoms with van der Waals surface area (Å²) in [6.45, 7) is 8.43. The third kappa shape index (κ3) is 5.13. The Morgan fingerprint density at radius 2 is 2.16 bits per heavy atom. The number of anilines is 1. The van der Waals surface area contributed by atoms with Gasteiger partial charge in [0.15, 0.2) is 0 Å². The van der Waals surface area contributed by atoms with E-state index in [1.54, 1.807) is 6.20 Å². The number of aromatic nitrogens is 3. The second-order valence-electron chi connectivity index (χ2n) is 6.88. The summed E-state index contributed by atoms with van der Waals surface area (Å²) in [7, 11) is 0. The third-order valence-corrected chi connectivity index (χ3v) is 4.07. The molecule has 25 heavy (non-hydrogen) atoms. The summed E-state index contributed by atoms with van der Waals surface area (Å²) in [5.41, 5.74) is 3.24. The van der Waals surface area contributed by atoms with Crippen molar-refractivity contribution in [2.45, 2.75) is 52.9 Å². The SMILES string of the molecule is CC(C)CC(C)Oc1cc(CNc2ncc3c(n2)CCOC3)ccn1. The van der Waals surface area contributed by atoms with Crippen LogP contribution in [0, 0.1) is 5.92 Å². The first-order valence-electron chi connectivity index (χ1n) is 8.88. The second kappa shape index (κ2) is 8.25. The zero-order chi connectivity index (χ0) is 17.6. The van der Waals surface area contributed by atoms with Gasteiger partial charge in [0.2, 0.25) is 11.8 Å². The Kier molecular flexibility index (Phi) is 5.81. The van der Waals surface area contributed by atoms with Crippen LogP contribution in [0.3, 0.4) is 0 Å². The van der Waals surface area contributed by atoms with Gasteiger partial charge in [-0.1, -0.05) is 13.8 Å². The minimum atomic E-state index is 0.155. The van der Waals surface area contributed by atoms with Crippen LogP contribution in [0.25, 0.3) is 0 Å². The molecule has 1 atom stereocenters. The maximum absolute atomic E-state index is 5.91. The summed E-state index contributed by atoms with van der Waals surface area (Å²) in [5.74, 6) is 1.91. The van der Waals surface area contributed by atoms with Gasteiger partial charge in [-0.3, -0.25) is 0 Å². The molecule has 2 aromatic rings. The van der Waals surface area contributed by atoms with Gasteiger partial charge in [-0.2, -0.15) is 0 Å². The van der Waals surface area contributed by atoms with Crippen LogP contribution in [0.1, 0.15) is 44.0 Å².